The third kappa shape index (κ3) is 39.2. The molecule has 12 nitrogen and oxygen atoms in total. The molecule has 324 valence electrons. The van der Waals surface area contributed by atoms with E-state index in [4.69, 9.17) is 29.9 Å². The summed E-state index contributed by atoms with van der Waals surface area (Å²) in [6.07, 6.45) is 45.3. The van der Waals surface area contributed by atoms with Crippen LogP contribution >= 0.6 is 7.82 Å². The molecule has 0 heterocycles. The maximum atomic E-state index is 12.6. The summed E-state index contributed by atoms with van der Waals surface area (Å²) in [6, 6.07) is -1.54. The van der Waals surface area contributed by atoms with Crippen molar-refractivity contribution in [2.45, 2.75) is 147 Å². The van der Waals surface area contributed by atoms with E-state index in [0.717, 1.165) is 96.3 Å². The second kappa shape index (κ2) is 39.4. The number of hydrogen-bond acceptors (Lipinski definition) is 10. The van der Waals surface area contributed by atoms with Crippen LogP contribution < -0.4 is 5.73 Å². The van der Waals surface area contributed by atoms with Gasteiger partial charge in [-0.2, -0.15) is 0 Å². The van der Waals surface area contributed by atoms with Crippen LogP contribution in [0, 0.1) is 0 Å². The summed E-state index contributed by atoms with van der Waals surface area (Å²) in [5, 5.41) is 17.7. The Bertz CT molecular complexity index is 1290. The monoisotopic (exact) mass is 821 g/mol. The van der Waals surface area contributed by atoms with Crippen molar-refractivity contribution in [1.29, 1.82) is 0 Å². The van der Waals surface area contributed by atoms with E-state index in [0.29, 0.717) is 19.3 Å². The minimum absolute atomic E-state index is 0.120. The lowest BCUT2D eigenvalue weighted by Gasteiger charge is -2.20. The number of allylic oxidation sites excluding steroid dienone is 14. The molecular formula is C44H72NO11P. The highest BCUT2D eigenvalue weighted by Gasteiger charge is 2.28. The molecular weight excluding hydrogens is 749 g/mol. The molecule has 1 unspecified atom stereocenters. The lowest BCUT2D eigenvalue weighted by Crippen LogP contribution is -2.34. The number of aliphatic carboxylic acids is 1. The molecule has 0 saturated carbocycles. The summed E-state index contributed by atoms with van der Waals surface area (Å²) in [7, 11) is -4.74. The van der Waals surface area contributed by atoms with Crippen molar-refractivity contribution < 1.29 is 52.6 Å². The Balaban J connectivity index is 4.52. The molecule has 0 amide bonds. The van der Waals surface area contributed by atoms with Gasteiger partial charge in [0.1, 0.15) is 12.6 Å². The Morgan fingerprint density at radius 3 is 1.54 bits per heavy atom. The van der Waals surface area contributed by atoms with E-state index >= 15 is 0 Å². The van der Waals surface area contributed by atoms with Gasteiger partial charge in [-0.05, 0) is 89.9 Å². The molecule has 0 fully saturated rings. The Kier molecular flexibility index (Phi) is 37.1. The first-order chi connectivity index (χ1) is 27.6. The van der Waals surface area contributed by atoms with Crippen molar-refractivity contribution >= 4 is 25.7 Å². The van der Waals surface area contributed by atoms with Gasteiger partial charge >= 0.3 is 25.7 Å². The molecule has 0 saturated heterocycles. The molecule has 0 aromatic carbocycles. The zero-order chi connectivity index (χ0) is 42.1. The van der Waals surface area contributed by atoms with Crippen molar-refractivity contribution in [1.82, 2.24) is 0 Å². The van der Waals surface area contributed by atoms with Crippen molar-refractivity contribution in [3.63, 3.8) is 0 Å². The van der Waals surface area contributed by atoms with E-state index in [1.807, 2.05) is 12.2 Å². The number of hydrogen-bond donors (Lipinski definition) is 4. The maximum Gasteiger partial charge on any atom is 0.472 e. The molecule has 57 heavy (non-hydrogen) atoms. The SMILES string of the molecule is CC/C=C\C/C=C\C/C=C\CCCCCCCC(=O)O[C@H](COC(=O)CCC/C=C\C/C=C\C/C=C\C/C=C\CCCCCO)COP(=O)(O)OC[C@H](N)C(=O)O. The van der Waals surface area contributed by atoms with Crippen molar-refractivity contribution in [2.75, 3.05) is 26.4 Å². The van der Waals surface area contributed by atoms with Gasteiger partial charge in [-0.15, -0.1) is 0 Å². The smallest absolute Gasteiger partial charge is 0.472 e. The number of aliphatic hydroxyl groups is 1. The van der Waals surface area contributed by atoms with Crippen LogP contribution in [0.2, 0.25) is 0 Å². The molecule has 0 aliphatic rings. The number of phosphoric ester groups is 1. The summed E-state index contributed by atoms with van der Waals surface area (Å²) < 4.78 is 32.6. The molecule has 3 atom stereocenters. The highest BCUT2D eigenvalue weighted by molar-refractivity contribution is 7.47. The van der Waals surface area contributed by atoms with E-state index < -0.39 is 57.7 Å². The fraction of sp³-hybridized carbons (Fsp3) is 0.614. The fourth-order valence-electron chi connectivity index (χ4n) is 4.93. The third-order valence-corrected chi connectivity index (χ3v) is 9.13. The minimum atomic E-state index is -4.74. The van der Waals surface area contributed by atoms with Crippen LogP contribution in [0.3, 0.4) is 0 Å². The molecule has 0 rings (SSSR count). The van der Waals surface area contributed by atoms with Gasteiger partial charge in [0.15, 0.2) is 6.10 Å². The number of carbonyl (C=O) groups is 3. The first-order valence-electron chi connectivity index (χ1n) is 20.7. The van der Waals surface area contributed by atoms with Crippen LogP contribution in [-0.4, -0.2) is 71.6 Å². The Hall–Kier alpha value is -3.38. The van der Waals surface area contributed by atoms with Gasteiger partial charge in [0.2, 0.25) is 0 Å². The Labute approximate surface area is 342 Å². The Morgan fingerprint density at radius 1 is 0.579 bits per heavy atom. The normalized spacial score (nSPS) is 14.6. The summed E-state index contributed by atoms with van der Waals surface area (Å²) in [6.45, 7) is 0.595. The number of rotatable bonds is 38. The lowest BCUT2D eigenvalue weighted by molar-refractivity contribution is -0.161. The zero-order valence-corrected chi connectivity index (χ0v) is 35.2. The Morgan fingerprint density at radius 2 is 1.02 bits per heavy atom. The lowest BCUT2D eigenvalue weighted by atomic mass is 10.1. The van der Waals surface area contributed by atoms with E-state index in [-0.39, 0.29) is 19.4 Å². The van der Waals surface area contributed by atoms with Crippen LogP contribution in [0.1, 0.15) is 135 Å². The number of carbonyl (C=O) groups excluding carboxylic acids is 2. The first-order valence-corrected chi connectivity index (χ1v) is 22.2. The van der Waals surface area contributed by atoms with E-state index in [1.54, 1.807) is 0 Å². The van der Waals surface area contributed by atoms with Crippen LogP contribution in [0.15, 0.2) is 85.1 Å². The molecule has 5 N–H and O–H groups in total. The number of ether oxygens (including phenoxy) is 2. The number of carboxylic acids is 1. The molecule has 0 aromatic heterocycles. The number of esters is 2. The number of nitrogens with two attached hydrogens (primary N) is 1. The average molecular weight is 822 g/mol. The van der Waals surface area contributed by atoms with Gasteiger partial charge < -0.3 is 30.3 Å². The molecule has 0 aliphatic heterocycles. The predicted molar refractivity (Wildman–Crippen MR) is 227 cm³/mol. The second-order valence-electron chi connectivity index (χ2n) is 13.5. The van der Waals surface area contributed by atoms with Crippen LogP contribution in [0.25, 0.3) is 0 Å². The van der Waals surface area contributed by atoms with E-state index in [1.165, 1.54) is 0 Å². The van der Waals surface area contributed by atoms with Gasteiger partial charge in [-0.25, -0.2) is 4.57 Å². The fourth-order valence-corrected chi connectivity index (χ4v) is 5.71. The molecule has 0 spiro atoms. The van der Waals surface area contributed by atoms with Gasteiger partial charge in [0.25, 0.3) is 0 Å². The minimum Gasteiger partial charge on any atom is -0.480 e. The third-order valence-electron chi connectivity index (χ3n) is 8.18. The van der Waals surface area contributed by atoms with Crippen LogP contribution in [0.5, 0.6) is 0 Å². The largest absolute Gasteiger partial charge is 0.480 e. The maximum absolute atomic E-state index is 12.6. The van der Waals surface area contributed by atoms with Crippen LogP contribution in [-0.2, 0) is 37.5 Å². The highest BCUT2D eigenvalue weighted by atomic mass is 31.2. The first kappa shape index (κ1) is 53.6. The standard InChI is InChI=1S/C44H72NO11P/c1-2-3-4-5-6-7-8-9-13-17-20-23-26-29-32-35-43(48)56-40(38-54-57(51,52)55-39-41(45)44(49)50)37-53-42(47)34-31-28-25-22-19-16-14-11-10-12-15-18-21-24-27-30-33-36-46/h3-4,6-7,9-10,12-14,16,18,21-22,25,40-41,46H,2,5,8,11,15,17,19-20,23-24,26-39,45H2,1H3,(H,49,50)(H,51,52)/b4-3-,7-6-,12-10-,13-9-,16-14-,21-18-,25-22-/t40-,41+/m1/s1. The molecule has 0 aliphatic carbocycles. The molecule has 0 radical (unpaired) electrons. The number of phosphoric acid groups is 1. The topological polar surface area (TPSA) is 192 Å². The molecule has 0 bridgehead atoms. The van der Waals surface area contributed by atoms with Gasteiger partial charge in [-0.3, -0.25) is 23.4 Å². The summed E-state index contributed by atoms with van der Waals surface area (Å²) in [5.74, 6) is -2.50. The number of aliphatic hydroxyl groups excluding tert-OH is 1. The molecule has 0 aromatic rings. The predicted octanol–water partition coefficient (Wildman–Crippen LogP) is 9.69. The highest BCUT2D eigenvalue weighted by Crippen LogP contribution is 2.43. The molecule has 13 heteroatoms. The zero-order valence-electron chi connectivity index (χ0n) is 34.3. The quantitative estimate of drug-likeness (QED) is 0.0200. The van der Waals surface area contributed by atoms with Crippen molar-refractivity contribution in [3.8, 4) is 0 Å². The number of carboxylic acid groups (broad SMARTS) is 1. The van der Waals surface area contributed by atoms with Gasteiger partial charge in [-0.1, -0.05) is 118 Å². The van der Waals surface area contributed by atoms with Crippen LogP contribution in [0.4, 0.5) is 0 Å². The van der Waals surface area contributed by atoms with Gasteiger partial charge in [0.05, 0.1) is 13.2 Å². The van der Waals surface area contributed by atoms with E-state index in [2.05, 4.69) is 84.4 Å². The van der Waals surface area contributed by atoms with E-state index in [9.17, 15) is 23.8 Å². The van der Waals surface area contributed by atoms with Crippen molar-refractivity contribution in [2.24, 2.45) is 5.73 Å². The summed E-state index contributed by atoms with van der Waals surface area (Å²) in [4.78, 5) is 45.9. The number of unbranched alkanes of at least 4 members (excludes halogenated alkanes) is 9. The summed E-state index contributed by atoms with van der Waals surface area (Å²) >= 11 is 0. The summed E-state index contributed by atoms with van der Waals surface area (Å²) in [5.41, 5.74) is 5.32. The van der Waals surface area contributed by atoms with Gasteiger partial charge in [0, 0.05) is 19.4 Å². The van der Waals surface area contributed by atoms with Crippen molar-refractivity contribution in [3.05, 3.63) is 85.1 Å². The second-order valence-corrected chi connectivity index (χ2v) is 14.9. The average Bonchev–Trinajstić information content (AvgIpc) is 3.19.